The van der Waals surface area contributed by atoms with Crippen molar-refractivity contribution in [2.24, 2.45) is 5.92 Å². The Morgan fingerprint density at radius 1 is 0.720 bits per heavy atom. The number of carbonyl (C=O) groups is 1. The molecule has 1 unspecified atom stereocenters. The number of carbonyl (C=O) groups excluding carboxylic acids is 1. The molecule has 2 heteroatoms. The lowest BCUT2D eigenvalue weighted by Crippen LogP contribution is -2.27. The Morgan fingerprint density at radius 2 is 1.12 bits per heavy atom. The van der Waals surface area contributed by atoms with E-state index >= 15 is 0 Å². The lowest BCUT2D eigenvalue weighted by Gasteiger charge is -2.15. The largest absolute Gasteiger partial charge is 0.342 e. The van der Waals surface area contributed by atoms with Crippen LogP contribution in [-0.4, -0.2) is 23.9 Å². The highest BCUT2D eigenvalue weighted by molar-refractivity contribution is 5.80. The Labute approximate surface area is 158 Å². The van der Waals surface area contributed by atoms with Crippen LogP contribution >= 0.6 is 0 Å². The van der Waals surface area contributed by atoms with Crippen LogP contribution in [0.1, 0.15) is 123 Å². The first-order chi connectivity index (χ1) is 12.3. The zero-order chi connectivity index (χ0) is 18.2. The standard InChI is InChI=1S/C23H45NO/c1-3-4-5-6-7-8-9-10-11-12-13-14-15-16-17-18-20-24-21-19-22(2)23(24)25/h22H,3-21H2,1-2H3. The van der Waals surface area contributed by atoms with E-state index in [1.165, 1.54) is 103 Å². The van der Waals surface area contributed by atoms with Crippen LogP contribution in [-0.2, 0) is 4.79 Å². The molecule has 1 heterocycles. The first kappa shape index (κ1) is 22.5. The van der Waals surface area contributed by atoms with Gasteiger partial charge in [0.15, 0.2) is 0 Å². The average Bonchev–Trinajstić information content (AvgIpc) is 2.93. The molecule has 0 N–H and O–H groups in total. The van der Waals surface area contributed by atoms with Crippen molar-refractivity contribution in [1.29, 1.82) is 0 Å². The van der Waals surface area contributed by atoms with Crippen molar-refractivity contribution in [3.63, 3.8) is 0 Å². The van der Waals surface area contributed by atoms with Gasteiger partial charge < -0.3 is 4.90 Å². The molecule has 0 spiro atoms. The number of amides is 1. The second-order valence-electron chi connectivity index (χ2n) is 8.32. The Bertz CT molecular complexity index is 315. The third-order valence-electron chi connectivity index (χ3n) is 5.85. The van der Waals surface area contributed by atoms with E-state index in [1.807, 2.05) is 0 Å². The van der Waals surface area contributed by atoms with Crippen LogP contribution in [0.2, 0.25) is 0 Å². The summed E-state index contributed by atoms with van der Waals surface area (Å²) >= 11 is 0. The van der Waals surface area contributed by atoms with E-state index in [2.05, 4.69) is 18.7 Å². The minimum absolute atomic E-state index is 0.279. The van der Waals surface area contributed by atoms with Gasteiger partial charge in [0.25, 0.3) is 0 Å². The summed E-state index contributed by atoms with van der Waals surface area (Å²) in [6.45, 7) is 6.35. The van der Waals surface area contributed by atoms with Gasteiger partial charge in [-0.15, -0.1) is 0 Å². The number of unbranched alkanes of at least 4 members (excludes halogenated alkanes) is 15. The highest BCUT2D eigenvalue weighted by Crippen LogP contribution is 2.18. The topological polar surface area (TPSA) is 20.3 Å². The van der Waals surface area contributed by atoms with E-state index in [0.717, 1.165) is 19.5 Å². The van der Waals surface area contributed by atoms with Crippen molar-refractivity contribution in [2.75, 3.05) is 13.1 Å². The molecule has 1 saturated heterocycles. The maximum Gasteiger partial charge on any atom is 0.225 e. The van der Waals surface area contributed by atoms with Crippen LogP contribution in [0.15, 0.2) is 0 Å². The first-order valence-electron chi connectivity index (χ1n) is 11.5. The highest BCUT2D eigenvalue weighted by Gasteiger charge is 2.26. The SMILES string of the molecule is CCCCCCCCCCCCCCCCCCN1CCC(C)C1=O. The predicted molar refractivity (Wildman–Crippen MR) is 110 cm³/mol. The number of likely N-dealkylation sites (tertiary alicyclic amines) is 1. The van der Waals surface area contributed by atoms with Gasteiger partial charge in [0, 0.05) is 19.0 Å². The average molecular weight is 352 g/mol. The van der Waals surface area contributed by atoms with E-state index < -0.39 is 0 Å². The Balaban J connectivity index is 1.71. The van der Waals surface area contributed by atoms with Gasteiger partial charge in [-0.3, -0.25) is 4.79 Å². The van der Waals surface area contributed by atoms with Crippen molar-refractivity contribution in [3.05, 3.63) is 0 Å². The molecule has 0 aromatic rings. The minimum Gasteiger partial charge on any atom is -0.342 e. The van der Waals surface area contributed by atoms with E-state index in [0.29, 0.717) is 5.91 Å². The lowest BCUT2D eigenvalue weighted by atomic mass is 10.0. The summed E-state index contributed by atoms with van der Waals surface area (Å²) in [4.78, 5) is 13.9. The Morgan fingerprint density at radius 3 is 1.48 bits per heavy atom. The third kappa shape index (κ3) is 11.7. The molecule has 0 radical (unpaired) electrons. The maximum atomic E-state index is 11.8. The van der Waals surface area contributed by atoms with Crippen molar-refractivity contribution in [3.8, 4) is 0 Å². The van der Waals surface area contributed by atoms with Gasteiger partial charge >= 0.3 is 0 Å². The fourth-order valence-electron chi connectivity index (χ4n) is 3.97. The fraction of sp³-hybridized carbons (Fsp3) is 0.957. The van der Waals surface area contributed by atoms with E-state index in [1.54, 1.807) is 0 Å². The molecule has 1 rings (SSSR count). The second-order valence-corrected chi connectivity index (χ2v) is 8.32. The molecular weight excluding hydrogens is 306 g/mol. The molecule has 1 amide bonds. The fourth-order valence-corrected chi connectivity index (χ4v) is 3.97. The molecule has 0 bridgehead atoms. The Hall–Kier alpha value is -0.530. The van der Waals surface area contributed by atoms with Gasteiger partial charge in [-0.05, 0) is 12.8 Å². The van der Waals surface area contributed by atoms with Crippen molar-refractivity contribution >= 4 is 5.91 Å². The maximum absolute atomic E-state index is 11.8. The molecule has 1 fully saturated rings. The molecule has 0 saturated carbocycles. The quantitative estimate of drug-likeness (QED) is 0.255. The summed E-state index contributed by atoms with van der Waals surface area (Å²) in [6, 6.07) is 0. The molecule has 0 aromatic heterocycles. The highest BCUT2D eigenvalue weighted by atomic mass is 16.2. The van der Waals surface area contributed by atoms with Gasteiger partial charge in [0.1, 0.15) is 0 Å². The van der Waals surface area contributed by atoms with Crippen LogP contribution in [0.3, 0.4) is 0 Å². The van der Waals surface area contributed by atoms with E-state index in [-0.39, 0.29) is 5.92 Å². The predicted octanol–water partition coefficient (Wildman–Crippen LogP) is 7.12. The lowest BCUT2D eigenvalue weighted by molar-refractivity contribution is -0.130. The molecule has 25 heavy (non-hydrogen) atoms. The van der Waals surface area contributed by atoms with E-state index in [9.17, 15) is 4.79 Å². The van der Waals surface area contributed by atoms with Crippen LogP contribution in [0.4, 0.5) is 0 Å². The van der Waals surface area contributed by atoms with Crippen LogP contribution in [0.25, 0.3) is 0 Å². The molecule has 2 nitrogen and oxygen atoms in total. The van der Waals surface area contributed by atoms with Crippen molar-refractivity contribution in [2.45, 2.75) is 123 Å². The zero-order valence-electron chi connectivity index (χ0n) is 17.4. The smallest absolute Gasteiger partial charge is 0.225 e. The second kappa shape index (κ2) is 15.7. The van der Waals surface area contributed by atoms with Crippen molar-refractivity contribution < 1.29 is 4.79 Å². The van der Waals surface area contributed by atoms with Crippen LogP contribution in [0.5, 0.6) is 0 Å². The summed E-state index contributed by atoms with van der Waals surface area (Å²) in [7, 11) is 0. The number of nitrogens with zero attached hydrogens (tertiary/aromatic N) is 1. The van der Waals surface area contributed by atoms with Gasteiger partial charge in [-0.1, -0.05) is 110 Å². The summed E-state index contributed by atoms with van der Waals surface area (Å²) in [5.41, 5.74) is 0. The zero-order valence-corrected chi connectivity index (χ0v) is 17.4. The molecule has 0 aromatic carbocycles. The summed E-state index contributed by atoms with van der Waals surface area (Å²) < 4.78 is 0. The number of rotatable bonds is 17. The molecule has 1 aliphatic heterocycles. The molecule has 148 valence electrons. The number of hydrogen-bond donors (Lipinski definition) is 0. The van der Waals surface area contributed by atoms with Crippen LogP contribution < -0.4 is 0 Å². The van der Waals surface area contributed by atoms with Crippen molar-refractivity contribution in [1.82, 2.24) is 4.90 Å². The summed E-state index contributed by atoms with van der Waals surface area (Å²) in [5, 5.41) is 0. The van der Waals surface area contributed by atoms with Crippen LogP contribution in [0, 0.1) is 5.92 Å². The Kier molecular flexibility index (Phi) is 14.1. The summed E-state index contributed by atoms with van der Waals surface area (Å²) in [5.74, 6) is 0.669. The van der Waals surface area contributed by atoms with Gasteiger partial charge in [-0.25, -0.2) is 0 Å². The molecule has 0 aliphatic carbocycles. The first-order valence-corrected chi connectivity index (χ1v) is 11.5. The van der Waals surface area contributed by atoms with E-state index in [4.69, 9.17) is 0 Å². The van der Waals surface area contributed by atoms with Gasteiger partial charge in [0.05, 0.1) is 0 Å². The minimum atomic E-state index is 0.279. The summed E-state index contributed by atoms with van der Waals surface area (Å²) in [6.07, 6.45) is 23.6. The van der Waals surface area contributed by atoms with Gasteiger partial charge in [0.2, 0.25) is 5.91 Å². The molecule has 1 atom stereocenters. The van der Waals surface area contributed by atoms with Gasteiger partial charge in [-0.2, -0.15) is 0 Å². The normalized spacial score (nSPS) is 17.6. The monoisotopic (exact) mass is 351 g/mol. The molecular formula is C23H45NO. The number of hydrogen-bond acceptors (Lipinski definition) is 1. The third-order valence-corrected chi connectivity index (χ3v) is 5.85. The molecule has 1 aliphatic rings.